The monoisotopic (exact) mass is 342 g/mol. The van der Waals surface area contributed by atoms with Crippen LogP contribution < -0.4 is 0 Å². The van der Waals surface area contributed by atoms with Crippen LogP contribution in [0.1, 0.15) is 28.8 Å². The number of hydrogen-bond acceptors (Lipinski definition) is 4. The molecule has 2 heterocycles. The lowest BCUT2D eigenvalue weighted by molar-refractivity contribution is -0.132. The minimum atomic E-state index is 0.0417. The van der Waals surface area contributed by atoms with Crippen LogP contribution in [0.15, 0.2) is 47.2 Å². The van der Waals surface area contributed by atoms with E-state index in [4.69, 9.17) is 0 Å². The minimum Gasteiger partial charge on any atom is -0.340 e. The van der Waals surface area contributed by atoms with Gasteiger partial charge in [-0.1, -0.05) is 30.3 Å². The molecule has 0 spiro atoms. The molecule has 1 fully saturated rings. The number of hydrogen-bond donors (Lipinski definition) is 0. The number of benzene rings is 1. The van der Waals surface area contributed by atoms with Crippen molar-refractivity contribution in [2.24, 2.45) is 0 Å². The molecule has 2 aromatic rings. The van der Waals surface area contributed by atoms with Crippen LogP contribution in [-0.4, -0.2) is 47.7 Å². The van der Waals surface area contributed by atoms with Gasteiger partial charge in [-0.25, -0.2) is 0 Å². The molecule has 1 aromatic carbocycles. The number of nitrogens with zero attached hydrogens (tertiary/aromatic N) is 2. The molecule has 4 nitrogen and oxygen atoms in total. The van der Waals surface area contributed by atoms with Gasteiger partial charge in [0.25, 0.3) is 0 Å². The van der Waals surface area contributed by atoms with Crippen LogP contribution in [-0.2, 0) is 11.3 Å². The van der Waals surface area contributed by atoms with Gasteiger partial charge in [-0.05, 0) is 22.4 Å². The first-order valence-corrected chi connectivity index (χ1v) is 9.26. The Kier molecular flexibility index (Phi) is 5.77. The van der Waals surface area contributed by atoms with Crippen molar-refractivity contribution in [3.05, 3.63) is 58.3 Å². The lowest BCUT2D eigenvalue weighted by Gasteiger charge is -2.34. The maximum absolute atomic E-state index is 12.3. The van der Waals surface area contributed by atoms with Crippen LogP contribution in [0.5, 0.6) is 0 Å². The molecule has 0 atom stereocenters. The Morgan fingerprint density at radius 1 is 0.958 bits per heavy atom. The first kappa shape index (κ1) is 16.9. The molecular formula is C19H22N2O2S. The Hall–Kier alpha value is -1.98. The van der Waals surface area contributed by atoms with Crippen molar-refractivity contribution in [1.82, 2.24) is 9.80 Å². The summed E-state index contributed by atoms with van der Waals surface area (Å²) in [7, 11) is 0. The fraction of sp³-hybridized carbons (Fsp3) is 0.368. The topological polar surface area (TPSA) is 40.6 Å². The number of ketones is 1. The smallest absolute Gasteiger partial charge is 0.223 e. The van der Waals surface area contributed by atoms with E-state index < -0.39 is 0 Å². The number of Topliss-reactive ketones (excluding diaryl/α,β-unsaturated/α-hetero) is 1. The second-order valence-corrected chi connectivity index (χ2v) is 6.86. The number of piperazine rings is 1. The van der Waals surface area contributed by atoms with Crippen LogP contribution in [0.3, 0.4) is 0 Å². The Labute approximate surface area is 146 Å². The van der Waals surface area contributed by atoms with Crippen molar-refractivity contribution in [3.63, 3.8) is 0 Å². The summed E-state index contributed by atoms with van der Waals surface area (Å²) in [6.45, 7) is 4.26. The van der Waals surface area contributed by atoms with Gasteiger partial charge in [0.1, 0.15) is 0 Å². The molecule has 24 heavy (non-hydrogen) atoms. The molecule has 0 saturated carbocycles. The molecule has 1 saturated heterocycles. The van der Waals surface area contributed by atoms with Crippen molar-refractivity contribution in [3.8, 4) is 0 Å². The summed E-state index contributed by atoms with van der Waals surface area (Å²) in [6, 6.07) is 11.3. The molecule has 126 valence electrons. The first-order chi connectivity index (χ1) is 11.7. The maximum Gasteiger partial charge on any atom is 0.223 e. The van der Waals surface area contributed by atoms with E-state index in [1.807, 2.05) is 23.1 Å². The highest BCUT2D eigenvalue weighted by Crippen LogP contribution is 2.13. The van der Waals surface area contributed by atoms with Crippen molar-refractivity contribution in [1.29, 1.82) is 0 Å². The molecule has 0 bridgehead atoms. The Bertz CT molecular complexity index is 662. The van der Waals surface area contributed by atoms with E-state index >= 15 is 0 Å². The van der Waals surface area contributed by atoms with Crippen LogP contribution in [0.4, 0.5) is 0 Å². The third-order valence-electron chi connectivity index (χ3n) is 4.37. The van der Waals surface area contributed by atoms with Gasteiger partial charge in [0.15, 0.2) is 5.78 Å². The average molecular weight is 342 g/mol. The van der Waals surface area contributed by atoms with Crippen molar-refractivity contribution >= 4 is 23.0 Å². The van der Waals surface area contributed by atoms with Crippen LogP contribution in [0.2, 0.25) is 0 Å². The molecule has 0 radical (unpaired) electrons. The SMILES string of the molecule is O=C(CCC(=O)N1CCN(Cc2ccsc2)CC1)c1ccccc1. The minimum absolute atomic E-state index is 0.0417. The summed E-state index contributed by atoms with van der Waals surface area (Å²) in [4.78, 5) is 28.7. The van der Waals surface area contributed by atoms with Crippen LogP contribution >= 0.6 is 11.3 Å². The highest BCUT2D eigenvalue weighted by atomic mass is 32.1. The zero-order valence-corrected chi connectivity index (χ0v) is 14.5. The van der Waals surface area contributed by atoms with Crippen molar-refractivity contribution in [2.75, 3.05) is 26.2 Å². The number of carbonyl (C=O) groups is 2. The molecule has 5 heteroatoms. The second kappa shape index (κ2) is 8.22. The van der Waals surface area contributed by atoms with E-state index in [1.165, 1.54) is 5.56 Å². The summed E-state index contributed by atoms with van der Waals surface area (Å²) < 4.78 is 0. The second-order valence-electron chi connectivity index (χ2n) is 6.08. The third kappa shape index (κ3) is 4.52. The lowest BCUT2D eigenvalue weighted by atomic mass is 10.1. The van der Waals surface area contributed by atoms with Gasteiger partial charge < -0.3 is 4.90 Å². The number of rotatable bonds is 6. The predicted molar refractivity (Wildman–Crippen MR) is 96.2 cm³/mol. The summed E-state index contributed by atoms with van der Waals surface area (Å²) in [6.07, 6.45) is 0.593. The van der Waals surface area contributed by atoms with Gasteiger partial charge >= 0.3 is 0 Å². The highest BCUT2D eigenvalue weighted by Gasteiger charge is 2.21. The van der Waals surface area contributed by atoms with Gasteiger partial charge in [-0.2, -0.15) is 11.3 Å². The van der Waals surface area contributed by atoms with E-state index in [-0.39, 0.29) is 18.1 Å². The average Bonchev–Trinajstić information content (AvgIpc) is 3.14. The number of amides is 1. The molecule has 1 aromatic heterocycles. The summed E-state index contributed by atoms with van der Waals surface area (Å²) in [5.41, 5.74) is 2.03. The predicted octanol–water partition coefficient (Wildman–Crippen LogP) is 3.06. The van der Waals surface area contributed by atoms with Crippen LogP contribution in [0.25, 0.3) is 0 Å². The molecule has 1 amide bonds. The van der Waals surface area contributed by atoms with E-state index in [9.17, 15) is 9.59 Å². The van der Waals surface area contributed by atoms with E-state index in [2.05, 4.69) is 21.7 Å². The van der Waals surface area contributed by atoms with Gasteiger partial charge in [-0.15, -0.1) is 0 Å². The van der Waals surface area contributed by atoms with E-state index in [0.717, 1.165) is 32.7 Å². The highest BCUT2D eigenvalue weighted by molar-refractivity contribution is 7.07. The molecule has 0 N–H and O–H groups in total. The number of carbonyl (C=O) groups excluding carboxylic acids is 2. The molecule has 3 rings (SSSR count). The van der Waals surface area contributed by atoms with E-state index in [0.29, 0.717) is 12.0 Å². The lowest BCUT2D eigenvalue weighted by Crippen LogP contribution is -2.48. The molecule has 1 aliphatic heterocycles. The molecule has 0 aliphatic carbocycles. The molecular weight excluding hydrogens is 320 g/mol. The quantitative estimate of drug-likeness (QED) is 0.758. The number of thiophene rings is 1. The Morgan fingerprint density at radius 3 is 2.38 bits per heavy atom. The van der Waals surface area contributed by atoms with Crippen molar-refractivity contribution < 1.29 is 9.59 Å². The zero-order chi connectivity index (χ0) is 16.8. The Morgan fingerprint density at radius 2 is 1.71 bits per heavy atom. The van der Waals surface area contributed by atoms with Gasteiger partial charge in [0, 0.05) is 51.1 Å². The molecule has 0 unspecified atom stereocenters. The zero-order valence-electron chi connectivity index (χ0n) is 13.7. The van der Waals surface area contributed by atoms with Crippen molar-refractivity contribution in [2.45, 2.75) is 19.4 Å². The van der Waals surface area contributed by atoms with Crippen LogP contribution in [0, 0.1) is 0 Å². The summed E-state index contributed by atoms with van der Waals surface area (Å²) in [5.74, 6) is 0.134. The normalized spacial score (nSPS) is 15.4. The van der Waals surface area contributed by atoms with Gasteiger partial charge in [0.05, 0.1) is 0 Å². The largest absolute Gasteiger partial charge is 0.340 e. The standard InChI is InChI=1S/C19H22N2O2S/c22-18(17-4-2-1-3-5-17)6-7-19(23)21-11-9-20(10-12-21)14-16-8-13-24-15-16/h1-5,8,13,15H,6-7,9-12,14H2. The first-order valence-electron chi connectivity index (χ1n) is 8.32. The molecule has 1 aliphatic rings. The third-order valence-corrected chi connectivity index (χ3v) is 5.11. The maximum atomic E-state index is 12.3. The Balaban J connectivity index is 1.41. The summed E-state index contributed by atoms with van der Waals surface area (Å²) >= 11 is 1.72. The fourth-order valence-corrected chi connectivity index (χ4v) is 3.60. The van der Waals surface area contributed by atoms with E-state index in [1.54, 1.807) is 23.5 Å². The fourth-order valence-electron chi connectivity index (χ4n) is 2.94. The van der Waals surface area contributed by atoms with Gasteiger partial charge in [0.2, 0.25) is 5.91 Å². The van der Waals surface area contributed by atoms with Gasteiger partial charge in [-0.3, -0.25) is 14.5 Å². The summed E-state index contributed by atoms with van der Waals surface area (Å²) in [5, 5.41) is 4.27.